The fourth-order valence-corrected chi connectivity index (χ4v) is 3.03. The molecular weight excluding hydrogens is 174 g/mol. The van der Waals surface area contributed by atoms with Gasteiger partial charge in [-0.05, 0) is 24.2 Å². The van der Waals surface area contributed by atoms with E-state index in [4.69, 9.17) is 0 Å². The first-order valence-electron chi connectivity index (χ1n) is 5.97. The van der Waals surface area contributed by atoms with E-state index in [1.807, 2.05) is 0 Å². The topological polar surface area (TPSA) is 23.5 Å². The van der Waals surface area contributed by atoms with Crippen molar-refractivity contribution in [3.63, 3.8) is 0 Å². The second-order valence-electron chi connectivity index (χ2n) is 5.95. The Hall–Kier alpha value is -0.0800. The van der Waals surface area contributed by atoms with E-state index >= 15 is 0 Å². The summed E-state index contributed by atoms with van der Waals surface area (Å²) in [5, 5.41) is 9.84. The molecule has 0 bridgehead atoms. The van der Waals surface area contributed by atoms with Crippen LogP contribution in [0, 0.1) is 11.3 Å². The highest BCUT2D eigenvalue weighted by molar-refractivity contribution is 4.90. The monoisotopic (exact) mass is 197 g/mol. The van der Waals surface area contributed by atoms with Gasteiger partial charge in [0.05, 0.1) is 6.10 Å². The van der Waals surface area contributed by atoms with Crippen molar-refractivity contribution in [3.05, 3.63) is 0 Å². The van der Waals surface area contributed by atoms with Gasteiger partial charge in [0.25, 0.3) is 0 Å². The van der Waals surface area contributed by atoms with Crippen molar-refractivity contribution in [1.82, 2.24) is 4.90 Å². The second kappa shape index (κ2) is 3.82. The molecule has 1 saturated carbocycles. The van der Waals surface area contributed by atoms with Crippen LogP contribution in [-0.4, -0.2) is 35.7 Å². The molecular formula is C12H23NO. The molecule has 1 saturated heterocycles. The summed E-state index contributed by atoms with van der Waals surface area (Å²) in [6.07, 6.45) is 4.79. The van der Waals surface area contributed by atoms with Crippen molar-refractivity contribution in [1.29, 1.82) is 0 Å². The second-order valence-corrected chi connectivity index (χ2v) is 5.95. The van der Waals surface area contributed by atoms with Crippen LogP contribution < -0.4 is 0 Å². The third-order valence-electron chi connectivity index (χ3n) is 3.66. The van der Waals surface area contributed by atoms with Gasteiger partial charge in [0.15, 0.2) is 0 Å². The number of aliphatic hydroxyl groups is 1. The van der Waals surface area contributed by atoms with Crippen molar-refractivity contribution in [2.24, 2.45) is 11.3 Å². The minimum Gasteiger partial charge on any atom is -0.393 e. The highest BCUT2D eigenvalue weighted by atomic mass is 16.3. The molecule has 82 valence electrons. The number of aliphatic hydroxyl groups excluding tert-OH is 1. The van der Waals surface area contributed by atoms with Crippen LogP contribution in [0.1, 0.15) is 39.5 Å². The van der Waals surface area contributed by atoms with Crippen LogP contribution in [-0.2, 0) is 0 Å². The summed E-state index contributed by atoms with van der Waals surface area (Å²) < 4.78 is 0. The maximum Gasteiger partial charge on any atom is 0.0580 e. The average Bonchev–Trinajstić information content (AvgIpc) is 2.05. The predicted molar refractivity (Wildman–Crippen MR) is 58.2 cm³/mol. The molecule has 2 unspecified atom stereocenters. The predicted octanol–water partition coefficient (Wildman–Crippen LogP) is 1.88. The smallest absolute Gasteiger partial charge is 0.0580 e. The van der Waals surface area contributed by atoms with E-state index in [0.717, 1.165) is 13.0 Å². The van der Waals surface area contributed by atoms with Gasteiger partial charge >= 0.3 is 0 Å². The van der Waals surface area contributed by atoms with Crippen molar-refractivity contribution in [3.8, 4) is 0 Å². The molecule has 0 amide bonds. The SMILES string of the molecule is CC1(C)CN(CC2CCCCC2O)C1. The fraction of sp³-hybridized carbons (Fsp3) is 1.00. The van der Waals surface area contributed by atoms with Crippen LogP contribution in [0.4, 0.5) is 0 Å². The maximum atomic E-state index is 9.84. The highest BCUT2D eigenvalue weighted by Crippen LogP contribution is 2.32. The van der Waals surface area contributed by atoms with E-state index < -0.39 is 0 Å². The minimum absolute atomic E-state index is 0.0209. The van der Waals surface area contributed by atoms with Crippen LogP contribution in [0.2, 0.25) is 0 Å². The molecule has 2 nitrogen and oxygen atoms in total. The van der Waals surface area contributed by atoms with Crippen molar-refractivity contribution >= 4 is 0 Å². The van der Waals surface area contributed by atoms with E-state index in [9.17, 15) is 5.11 Å². The Morgan fingerprint density at radius 2 is 1.86 bits per heavy atom. The zero-order chi connectivity index (χ0) is 10.2. The van der Waals surface area contributed by atoms with E-state index in [2.05, 4.69) is 18.7 Å². The van der Waals surface area contributed by atoms with Crippen LogP contribution in [0.25, 0.3) is 0 Å². The summed E-state index contributed by atoms with van der Waals surface area (Å²) in [5.74, 6) is 0.555. The largest absolute Gasteiger partial charge is 0.393 e. The molecule has 2 fully saturated rings. The molecule has 2 rings (SSSR count). The molecule has 2 aliphatic rings. The number of nitrogens with zero attached hydrogens (tertiary/aromatic N) is 1. The molecule has 1 aliphatic carbocycles. The lowest BCUT2D eigenvalue weighted by Gasteiger charge is -2.48. The molecule has 0 radical (unpaired) electrons. The van der Waals surface area contributed by atoms with Gasteiger partial charge in [-0.2, -0.15) is 0 Å². The van der Waals surface area contributed by atoms with Crippen LogP contribution in [0.15, 0.2) is 0 Å². The van der Waals surface area contributed by atoms with E-state index in [1.54, 1.807) is 0 Å². The van der Waals surface area contributed by atoms with Gasteiger partial charge < -0.3 is 10.0 Å². The third kappa shape index (κ3) is 2.29. The maximum absolute atomic E-state index is 9.84. The first-order chi connectivity index (χ1) is 6.57. The molecule has 2 heteroatoms. The lowest BCUT2D eigenvalue weighted by atomic mass is 9.81. The van der Waals surface area contributed by atoms with Gasteiger partial charge in [0.2, 0.25) is 0 Å². The quantitative estimate of drug-likeness (QED) is 0.730. The van der Waals surface area contributed by atoms with Crippen molar-refractivity contribution < 1.29 is 5.11 Å². The lowest BCUT2D eigenvalue weighted by molar-refractivity contribution is -0.0185. The van der Waals surface area contributed by atoms with Crippen molar-refractivity contribution in [2.45, 2.75) is 45.6 Å². The first kappa shape index (κ1) is 10.4. The van der Waals surface area contributed by atoms with Gasteiger partial charge in [0, 0.05) is 19.6 Å². The Morgan fingerprint density at radius 1 is 1.21 bits per heavy atom. The summed E-state index contributed by atoms with van der Waals surface area (Å²) in [5.41, 5.74) is 0.527. The van der Waals surface area contributed by atoms with Crippen molar-refractivity contribution in [2.75, 3.05) is 19.6 Å². The zero-order valence-electron chi connectivity index (χ0n) is 9.50. The van der Waals surface area contributed by atoms with Gasteiger partial charge in [-0.15, -0.1) is 0 Å². The number of likely N-dealkylation sites (tertiary alicyclic amines) is 1. The normalized spacial score (nSPS) is 37.9. The summed E-state index contributed by atoms with van der Waals surface area (Å²) in [6.45, 7) is 8.21. The van der Waals surface area contributed by atoms with E-state index in [-0.39, 0.29) is 6.10 Å². The summed E-state index contributed by atoms with van der Waals surface area (Å²) in [7, 11) is 0. The molecule has 1 heterocycles. The van der Waals surface area contributed by atoms with Crippen LogP contribution >= 0.6 is 0 Å². The molecule has 14 heavy (non-hydrogen) atoms. The van der Waals surface area contributed by atoms with Gasteiger partial charge in [0.1, 0.15) is 0 Å². The van der Waals surface area contributed by atoms with Gasteiger partial charge in [-0.3, -0.25) is 0 Å². The van der Waals surface area contributed by atoms with Gasteiger partial charge in [-0.25, -0.2) is 0 Å². The Bertz CT molecular complexity index is 194. The number of rotatable bonds is 2. The Morgan fingerprint density at radius 3 is 2.43 bits per heavy atom. The molecule has 1 N–H and O–H groups in total. The highest BCUT2D eigenvalue weighted by Gasteiger charge is 2.36. The lowest BCUT2D eigenvalue weighted by Crippen LogP contribution is -2.55. The number of hydrogen-bond acceptors (Lipinski definition) is 2. The summed E-state index contributed by atoms with van der Waals surface area (Å²) >= 11 is 0. The average molecular weight is 197 g/mol. The zero-order valence-corrected chi connectivity index (χ0v) is 9.50. The van der Waals surface area contributed by atoms with Gasteiger partial charge in [-0.1, -0.05) is 26.7 Å². The molecule has 0 aromatic heterocycles. The summed E-state index contributed by atoms with van der Waals surface area (Å²) in [6, 6.07) is 0. The fourth-order valence-electron chi connectivity index (χ4n) is 3.03. The Balaban J connectivity index is 1.75. The summed E-state index contributed by atoms with van der Waals surface area (Å²) in [4.78, 5) is 2.50. The first-order valence-corrected chi connectivity index (χ1v) is 5.97. The third-order valence-corrected chi connectivity index (χ3v) is 3.66. The molecule has 2 atom stereocenters. The number of hydrogen-bond donors (Lipinski definition) is 1. The molecule has 0 aromatic rings. The minimum atomic E-state index is -0.0209. The van der Waals surface area contributed by atoms with E-state index in [0.29, 0.717) is 11.3 Å². The standard InChI is InChI=1S/C12H23NO/c1-12(2)8-13(9-12)7-10-5-3-4-6-11(10)14/h10-11,14H,3-9H2,1-2H3. The Labute approximate surface area is 87.3 Å². The van der Waals surface area contributed by atoms with Crippen LogP contribution in [0.5, 0.6) is 0 Å². The molecule has 0 spiro atoms. The van der Waals surface area contributed by atoms with Crippen LogP contribution in [0.3, 0.4) is 0 Å². The molecule has 1 aliphatic heterocycles. The van der Waals surface area contributed by atoms with E-state index in [1.165, 1.54) is 32.4 Å². The Kier molecular flexibility index (Phi) is 2.85. The molecule has 0 aromatic carbocycles.